The van der Waals surface area contributed by atoms with Gasteiger partial charge in [0.15, 0.2) is 0 Å². The van der Waals surface area contributed by atoms with Crippen LogP contribution in [-0.4, -0.2) is 28.2 Å². The van der Waals surface area contributed by atoms with Gasteiger partial charge in [-0.3, -0.25) is 4.79 Å². The molecule has 0 bridgehead atoms. The van der Waals surface area contributed by atoms with Crippen LogP contribution < -0.4 is 10.9 Å². The van der Waals surface area contributed by atoms with Gasteiger partial charge in [0.1, 0.15) is 10.5 Å². The van der Waals surface area contributed by atoms with Gasteiger partial charge in [0.05, 0.1) is 12.1 Å². The van der Waals surface area contributed by atoms with E-state index >= 15 is 0 Å². The quantitative estimate of drug-likeness (QED) is 0.783. The van der Waals surface area contributed by atoms with Crippen LogP contribution in [-0.2, 0) is 6.54 Å². The monoisotopic (exact) mass is 293 g/mol. The molecule has 3 rings (SSSR count). The number of aromatic nitrogens is 2. The van der Waals surface area contributed by atoms with Crippen LogP contribution in [0.25, 0.3) is 10.2 Å². The van der Waals surface area contributed by atoms with Gasteiger partial charge < -0.3 is 15.4 Å². The van der Waals surface area contributed by atoms with Gasteiger partial charge in [-0.25, -0.2) is 4.98 Å². The number of H-pyrrole nitrogens is 1. The zero-order valence-electron chi connectivity index (χ0n) is 11.3. The lowest BCUT2D eigenvalue weighted by Gasteiger charge is -2.26. The first-order valence-electron chi connectivity index (χ1n) is 7.00. The van der Waals surface area contributed by atoms with Crippen LogP contribution in [0.3, 0.4) is 0 Å². The Hall–Kier alpha value is -1.24. The van der Waals surface area contributed by atoms with Gasteiger partial charge in [0.2, 0.25) is 0 Å². The highest BCUT2D eigenvalue weighted by Crippen LogP contribution is 2.36. The smallest absolute Gasteiger partial charge is 0.268 e. The first kappa shape index (κ1) is 13.7. The molecule has 1 aliphatic carbocycles. The van der Waals surface area contributed by atoms with Crippen LogP contribution in [0.4, 0.5) is 0 Å². The topological polar surface area (TPSA) is 78.0 Å². The predicted molar refractivity (Wildman–Crippen MR) is 79.9 cm³/mol. The number of hydrogen-bond acceptors (Lipinski definition) is 5. The van der Waals surface area contributed by atoms with Crippen LogP contribution >= 0.6 is 11.3 Å². The van der Waals surface area contributed by atoms with Gasteiger partial charge in [0.25, 0.3) is 5.56 Å². The summed E-state index contributed by atoms with van der Waals surface area (Å²) in [6.45, 7) is 1.53. The lowest BCUT2D eigenvalue weighted by molar-refractivity contribution is 0.128. The van der Waals surface area contributed by atoms with Crippen molar-refractivity contribution >= 4 is 21.6 Å². The lowest BCUT2D eigenvalue weighted by Crippen LogP contribution is -2.35. The summed E-state index contributed by atoms with van der Waals surface area (Å²) in [5, 5.41) is 14.8. The van der Waals surface area contributed by atoms with Gasteiger partial charge in [-0.05, 0) is 24.3 Å². The summed E-state index contributed by atoms with van der Waals surface area (Å²) in [5.74, 6) is 0.659. The fourth-order valence-electron chi connectivity index (χ4n) is 2.97. The summed E-state index contributed by atoms with van der Waals surface area (Å²) < 4.78 is 0.677. The van der Waals surface area contributed by atoms with Crippen LogP contribution in [0.1, 0.15) is 31.5 Å². The Morgan fingerprint density at radius 3 is 3.00 bits per heavy atom. The van der Waals surface area contributed by atoms with E-state index in [1.165, 1.54) is 24.2 Å². The number of fused-ring (bicyclic) bond motifs is 1. The summed E-state index contributed by atoms with van der Waals surface area (Å²) in [4.78, 5) is 19.1. The van der Waals surface area contributed by atoms with Crippen molar-refractivity contribution in [3.05, 3.63) is 27.6 Å². The van der Waals surface area contributed by atoms with Crippen molar-refractivity contribution in [2.75, 3.05) is 13.2 Å². The predicted octanol–water partition coefficient (Wildman–Crippen LogP) is 1.63. The van der Waals surface area contributed by atoms with Crippen molar-refractivity contribution in [2.24, 2.45) is 5.41 Å². The lowest BCUT2D eigenvalue weighted by atomic mass is 9.87. The maximum Gasteiger partial charge on any atom is 0.268 e. The Balaban J connectivity index is 1.66. The molecule has 0 spiro atoms. The molecule has 20 heavy (non-hydrogen) atoms. The van der Waals surface area contributed by atoms with E-state index in [-0.39, 0.29) is 17.6 Å². The summed E-state index contributed by atoms with van der Waals surface area (Å²) in [6, 6.07) is 1.87. The van der Waals surface area contributed by atoms with E-state index in [1.807, 2.05) is 11.4 Å². The summed E-state index contributed by atoms with van der Waals surface area (Å²) in [5.41, 5.74) is 0.708. The molecule has 0 saturated heterocycles. The van der Waals surface area contributed by atoms with Crippen molar-refractivity contribution in [3.8, 4) is 0 Å². The van der Waals surface area contributed by atoms with Crippen LogP contribution in [0, 0.1) is 5.41 Å². The molecule has 1 saturated carbocycles. The van der Waals surface area contributed by atoms with E-state index in [9.17, 15) is 9.90 Å². The number of hydrogen-bond donors (Lipinski definition) is 3. The SMILES string of the molecule is O=c1[nH]c(CNCC2(CO)CCCC2)nc2ccsc12. The minimum atomic E-state index is -0.0699. The molecule has 108 valence electrons. The molecule has 3 N–H and O–H groups in total. The first-order valence-corrected chi connectivity index (χ1v) is 7.88. The zero-order valence-corrected chi connectivity index (χ0v) is 12.1. The van der Waals surface area contributed by atoms with Crippen LogP contribution in [0.15, 0.2) is 16.2 Å². The first-order chi connectivity index (χ1) is 9.72. The number of rotatable bonds is 5. The molecule has 0 aromatic carbocycles. The molecule has 2 heterocycles. The van der Waals surface area contributed by atoms with E-state index in [2.05, 4.69) is 15.3 Å². The van der Waals surface area contributed by atoms with Crippen LogP contribution in [0.2, 0.25) is 0 Å². The van der Waals surface area contributed by atoms with Gasteiger partial charge in [0, 0.05) is 18.6 Å². The van der Waals surface area contributed by atoms with Crippen molar-refractivity contribution in [1.29, 1.82) is 0 Å². The number of nitrogens with zero attached hydrogens (tertiary/aromatic N) is 1. The zero-order chi connectivity index (χ0) is 14.0. The number of thiophene rings is 1. The molecular weight excluding hydrogens is 274 g/mol. The minimum Gasteiger partial charge on any atom is -0.396 e. The van der Waals surface area contributed by atoms with E-state index in [0.29, 0.717) is 17.1 Å². The van der Waals surface area contributed by atoms with Gasteiger partial charge in [-0.2, -0.15) is 0 Å². The fraction of sp³-hybridized carbons (Fsp3) is 0.571. The van der Waals surface area contributed by atoms with Gasteiger partial charge in [-0.15, -0.1) is 11.3 Å². The van der Waals surface area contributed by atoms with Crippen molar-refractivity contribution in [2.45, 2.75) is 32.2 Å². The highest BCUT2D eigenvalue weighted by atomic mass is 32.1. The Kier molecular flexibility index (Phi) is 3.87. The molecular formula is C14H19N3O2S. The second-order valence-electron chi connectivity index (χ2n) is 5.62. The molecule has 5 nitrogen and oxygen atoms in total. The third-order valence-corrected chi connectivity index (χ3v) is 5.06. The molecule has 2 aromatic rings. The van der Waals surface area contributed by atoms with Gasteiger partial charge >= 0.3 is 0 Å². The maximum absolute atomic E-state index is 11.8. The third-order valence-electron chi connectivity index (χ3n) is 4.16. The summed E-state index contributed by atoms with van der Waals surface area (Å²) >= 11 is 1.41. The molecule has 6 heteroatoms. The van der Waals surface area contributed by atoms with E-state index < -0.39 is 0 Å². The molecule has 0 unspecified atom stereocenters. The second-order valence-corrected chi connectivity index (χ2v) is 6.53. The van der Waals surface area contributed by atoms with Crippen molar-refractivity contribution in [1.82, 2.24) is 15.3 Å². The Morgan fingerprint density at radius 1 is 1.45 bits per heavy atom. The second kappa shape index (κ2) is 5.63. The minimum absolute atomic E-state index is 0.0206. The molecule has 0 atom stereocenters. The molecule has 1 fully saturated rings. The van der Waals surface area contributed by atoms with Crippen molar-refractivity contribution < 1.29 is 5.11 Å². The molecule has 0 amide bonds. The molecule has 2 aromatic heterocycles. The fourth-order valence-corrected chi connectivity index (χ4v) is 3.69. The van der Waals surface area contributed by atoms with E-state index in [0.717, 1.165) is 24.9 Å². The Labute approximate surface area is 121 Å². The Morgan fingerprint density at radius 2 is 2.25 bits per heavy atom. The number of aromatic amines is 1. The Bertz CT molecular complexity index is 643. The standard InChI is InChI=1S/C14H19N3O2S/c18-9-14(4-1-2-5-14)8-15-7-11-16-10-3-6-20-12(10)13(19)17-11/h3,6,15,18H,1-2,4-5,7-9H2,(H,16,17,19). The average Bonchev–Trinajstić information content (AvgIpc) is 3.08. The highest BCUT2D eigenvalue weighted by molar-refractivity contribution is 7.17. The number of nitrogens with one attached hydrogen (secondary N) is 2. The molecule has 1 aliphatic rings. The van der Waals surface area contributed by atoms with Crippen LogP contribution in [0.5, 0.6) is 0 Å². The maximum atomic E-state index is 11.8. The van der Waals surface area contributed by atoms with Gasteiger partial charge in [-0.1, -0.05) is 12.8 Å². The summed E-state index contributed by atoms with van der Waals surface area (Å²) in [6.07, 6.45) is 4.53. The summed E-state index contributed by atoms with van der Waals surface area (Å²) in [7, 11) is 0. The third kappa shape index (κ3) is 2.63. The normalized spacial score (nSPS) is 17.9. The number of aliphatic hydroxyl groups excluding tert-OH is 1. The van der Waals surface area contributed by atoms with E-state index in [1.54, 1.807) is 0 Å². The molecule has 0 aliphatic heterocycles. The molecule has 0 radical (unpaired) electrons. The largest absolute Gasteiger partial charge is 0.396 e. The highest BCUT2D eigenvalue weighted by Gasteiger charge is 2.32. The van der Waals surface area contributed by atoms with Crippen molar-refractivity contribution in [3.63, 3.8) is 0 Å². The average molecular weight is 293 g/mol. The number of aliphatic hydroxyl groups is 1. The van der Waals surface area contributed by atoms with E-state index in [4.69, 9.17) is 0 Å².